The molecule has 0 bridgehead atoms. The van der Waals surface area contributed by atoms with Gasteiger partial charge >= 0.3 is 11.7 Å². The first-order valence-corrected chi connectivity index (χ1v) is 8.09. The number of hydrogen-bond donors (Lipinski definition) is 2. The average Bonchev–Trinajstić information content (AvgIpc) is 3.25. The molecule has 26 heavy (non-hydrogen) atoms. The highest BCUT2D eigenvalue weighted by Crippen LogP contribution is 2.19. The molecule has 134 valence electrons. The Kier molecular flexibility index (Phi) is 3.88. The minimum absolute atomic E-state index is 0.0672. The fourth-order valence-electron chi connectivity index (χ4n) is 3.22. The van der Waals surface area contributed by atoms with E-state index in [-0.39, 0.29) is 18.8 Å². The molecule has 0 spiro atoms. The fraction of sp³-hybridized carbons (Fsp3) is 0.312. The van der Waals surface area contributed by atoms with E-state index in [1.165, 1.54) is 4.57 Å². The number of rotatable bonds is 4. The first kappa shape index (κ1) is 16.2. The number of aromatic nitrogens is 6. The van der Waals surface area contributed by atoms with E-state index in [2.05, 4.69) is 20.3 Å². The van der Waals surface area contributed by atoms with E-state index in [1.807, 2.05) is 25.3 Å². The van der Waals surface area contributed by atoms with E-state index in [0.717, 1.165) is 16.9 Å². The zero-order chi connectivity index (χ0) is 18.3. The molecule has 10 nitrogen and oxygen atoms in total. The normalized spacial score (nSPS) is 17.2. The van der Waals surface area contributed by atoms with Crippen molar-refractivity contribution < 1.29 is 9.90 Å². The van der Waals surface area contributed by atoms with Crippen LogP contribution in [-0.2, 0) is 24.4 Å². The minimum Gasteiger partial charge on any atom is -0.480 e. The van der Waals surface area contributed by atoms with Crippen LogP contribution in [0.3, 0.4) is 0 Å². The summed E-state index contributed by atoms with van der Waals surface area (Å²) in [5.41, 5.74) is 1.44. The third kappa shape index (κ3) is 2.80. The number of carbonyl (C=O) groups is 1. The molecule has 1 atom stereocenters. The lowest BCUT2D eigenvalue weighted by Gasteiger charge is -2.32. The summed E-state index contributed by atoms with van der Waals surface area (Å²) >= 11 is 0. The third-order valence-corrected chi connectivity index (χ3v) is 4.48. The minimum atomic E-state index is -0.971. The van der Waals surface area contributed by atoms with E-state index >= 15 is 0 Å². The SMILES string of the molecule is Cc1cc(CN2Cc3n[nH]c(=O)n3CC2C(=O)O)cnc1-n1cccn1. The summed E-state index contributed by atoms with van der Waals surface area (Å²) in [5, 5.41) is 20.1. The molecule has 0 radical (unpaired) electrons. The number of carboxylic acids is 1. The van der Waals surface area contributed by atoms with Gasteiger partial charge in [-0.15, -0.1) is 0 Å². The molecule has 0 fully saturated rings. The Morgan fingerprint density at radius 3 is 3.00 bits per heavy atom. The van der Waals surface area contributed by atoms with Crippen LogP contribution in [0.1, 0.15) is 17.0 Å². The fourth-order valence-corrected chi connectivity index (χ4v) is 3.22. The molecule has 4 heterocycles. The molecule has 10 heteroatoms. The van der Waals surface area contributed by atoms with Crippen LogP contribution in [0.25, 0.3) is 5.82 Å². The summed E-state index contributed by atoms with van der Waals surface area (Å²) in [6, 6.07) is 2.99. The van der Waals surface area contributed by atoms with Crippen LogP contribution in [0, 0.1) is 6.92 Å². The molecule has 0 aromatic carbocycles. The lowest BCUT2D eigenvalue weighted by molar-refractivity contribution is -0.145. The molecule has 1 unspecified atom stereocenters. The summed E-state index contributed by atoms with van der Waals surface area (Å²) in [5.74, 6) is 0.292. The summed E-state index contributed by atoms with van der Waals surface area (Å²) in [4.78, 5) is 29.6. The van der Waals surface area contributed by atoms with Gasteiger partial charge in [0, 0.05) is 25.1 Å². The molecule has 0 aliphatic carbocycles. The van der Waals surface area contributed by atoms with Crippen LogP contribution in [-0.4, -0.2) is 51.5 Å². The first-order valence-electron chi connectivity index (χ1n) is 8.09. The third-order valence-electron chi connectivity index (χ3n) is 4.48. The maximum Gasteiger partial charge on any atom is 0.343 e. The Morgan fingerprint density at radius 2 is 2.31 bits per heavy atom. The Hall–Kier alpha value is -3.27. The van der Waals surface area contributed by atoms with Crippen molar-refractivity contribution in [3.05, 3.63) is 58.2 Å². The Bertz CT molecular complexity index is 1010. The number of aryl methyl sites for hydroxylation is 1. The highest BCUT2D eigenvalue weighted by molar-refractivity contribution is 5.73. The van der Waals surface area contributed by atoms with Crippen LogP contribution in [0.5, 0.6) is 0 Å². The quantitative estimate of drug-likeness (QED) is 0.672. The van der Waals surface area contributed by atoms with Crippen LogP contribution >= 0.6 is 0 Å². The van der Waals surface area contributed by atoms with Gasteiger partial charge in [-0.3, -0.25) is 14.3 Å². The number of H-pyrrole nitrogens is 1. The first-order chi connectivity index (χ1) is 12.5. The van der Waals surface area contributed by atoms with E-state index in [1.54, 1.807) is 22.0 Å². The predicted molar refractivity (Wildman–Crippen MR) is 89.6 cm³/mol. The number of pyridine rings is 1. The van der Waals surface area contributed by atoms with Crippen molar-refractivity contribution >= 4 is 5.97 Å². The van der Waals surface area contributed by atoms with E-state index < -0.39 is 12.0 Å². The lowest BCUT2D eigenvalue weighted by atomic mass is 10.1. The van der Waals surface area contributed by atoms with Crippen LogP contribution in [0.4, 0.5) is 0 Å². The molecule has 1 aliphatic rings. The molecule has 1 aliphatic heterocycles. The van der Waals surface area contributed by atoms with Crippen LogP contribution in [0.2, 0.25) is 0 Å². The number of hydrogen-bond acceptors (Lipinski definition) is 6. The van der Waals surface area contributed by atoms with Gasteiger partial charge in [-0.1, -0.05) is 0 Å². The van der Waals surface area contributed by atoms with Gasteiger partial charge in [0.15, 0.2) is 5.82 Å². The summed E-state index contributed by atoms with van der Waals surface area (Å²) in [7, 11) is 0. The Balaban J connectivity index is 1.60. The number of nitrogens with one attached hydrogen (secondary N) is 1. The van der Waals surface area contributed by atoms with Crippen molar-refractivity contribution in [2.75, 3.05) is 0 Å². The predicted octanol–water partition coefficient (Wildman–Crippen LogP) is -0.0705. The largest absolute Gasteiger partial charge is 0.480 e. The second-order valence-corrected chi connectivity index (χ2v) is 6.25. The van der Waals surface area contributed by atoms with Crippen molar-refractivity contribution in [3.63, 3.8) is 0 Å². The maximum absolute atomic E-state index is 11.7. The maximum atomic E-state index is 11.7. The lowest BCUT2D eigenvalue weighted by Crippen LogP contribution is -2.49. The molecular weight excluding hydrogens is 338 g/mol. The van der Waals surface area contributed by atoms with Gasteiger partial charge < -0.3 is 5.11 Å². The highest BCUT2D eigenvalue weighted by atomic mass is 16.4. The standard InChI is InChI=1S/C16H17N7O3/c1-10-5-11(6-17-14(10)23-4-2-3-18-23)7-21-9-13-19-20-16(26)22(13)8-12(21)15(24)25/h2-6,12H,7-9H2,1H3,(H,20,26)(H,24,25). The highest BCUT2D eigenvalue weighted by Gasteiger charge is 2.33. The zero-order valence-electron chi connectivity index (χ0n) is 14.0. The number of aliphatic carboxylic acids is 1. The summed E-state index contributed by atoms with van der Waals surface area (Å²) in [6.07, 6.45) is 5.22. The molecule has 3 aromatic rings. The van der Waals surface area contributed by atoms with Gasteiger partial charge in [0.1, 0.15) is 11.9 Å². The van der Waals surface area contributed by atoms with E-state index in [4.69, 9.17) is 0 Å². The van der Waals surface area contributed by atoms with Gasteiger partial charge in [0.05, 0.1) is 13.1 Å². The van der Waals surface area contributed by atoms with Crippen molar-refractivity contribution in [1.82, 2.24) is 34.4 Å². The Morgan fingerprint density at radius 1 is 1.46 bits per heavy atom. The van der Waals surface area contributed by atoms with Crippen LogP contribution < -0.4 is 5.69 Å². The number of aromatic amines is 1. The van der Waals surface area contributed by atoms with Crippen LogP contribution in [0.15, 0.2) is 35.5 Å². The van der Waals surface area contributed by atoms with Gasteiger partial charge in [-0.2, -0.15) is 10.2 Å². The molecule has 0 saturated heterocycles. The molecule has 3 aromatic heterocycles. The second kappa shape index (κ2) is 6.23. The monoisotopic (exact) mass is 355 g/mol. The second-order valence-electron chi connectivity index (χ2n) is 6.25. The van der Waals surface area contributed by atoms with Gasteiger partial charge in [-0.05, 0) is 30.2 Å². The summed E-state index contributed by atoms with van der Waals surface area (Å²) < 4.78 is 3.06. The topological polar surface area (TPSA) is 122 Å². The molecule has 2 N–H and O–H groups in total. The van der Waals surface area contributed by atoms with Crippen molar-refractivity contribution in [1.29, 1.82) is 0 Å². The number of carboxylic acid groups (broad SMARTS) is 1. The smallest absolute Gasteiger partial charge is 0.343 e. The zero-order valence-corrected chi connectivity index (χ0v) is 14.0. The Labute approximate surface area is 147 Å². The van der Waals surface area contributed by atoms with E-state index in [0.29, 0.717) is 12.4 Å². The van der Waals surface area contributed by atoms with E-state index in [9.17, 15) is 14.7 Å². The van der Waals surface area contributed by atoms with Crippen molar-refractivity contribution in [2.45, 2.75) is 32.6 Å². The number of nitrogens with zero attached hydrogens (tertiary/aromatic N) is 6. The molecule has 4 rings (SSSR count). The molecular formula is C16H17N7O3. The molecule has 0 saturated carbocycles. The average molecular weight is 355 g/mol. The summed E-state index contributed by atoms with van der Waals surface area (Å²) in [6.45, 7) is 2.67. The van der Waals surface area contributed by atoms with Crippen molar-refractivity contribution in [2.24, 2.45) is 0 Å². The molecule has 0 amide bonds. The van der Waals surface area contributed by atoms with Gasteiger partial charge in [-0.25, -0.2) is 19.6 Å². The van der Waals surface area contributed by atoms with Gasteiger partial charge in [0.25, 0.3) is 0 Å². The van der Waals surface area contributed by atoms with Crippen molar-refractivity contribution in [3.8, 4) is 5.82 Å². The number of fused-ring (bicyclic) bond motifs is 1. The van der Waals surface area contributed by atoms with Gasteiger partial charge in [0.2, 0.25) is 0 Å².